The van der Waals surface area contributed by atoms with Crippen molar-refractivity contribution in [3.05, 3.63) is 53.6 Å². The van der Waals surface area contributed by atoms with Gasteiger partial charge in [-0.25, -0.2) is 0 Å². The minimum Gasteiger partial charge on any atom is -0.411 e. The van der Waals surface area contributed by atoms with E-state index in [1.807, 2.05) is 55.4 Å². The summed E-state index contributed by atoms with van der Waals surface area (Å²) in [5.74, 6) is 0.400. The molecule has 1 heterocycles. The summed E-state index contributed by atoms with van der Waals surface area (Å²) in [4.78, 5) is 14.1. The molecule has 0 saturated carbocycles. The number of amides is 1. The summed E-state index contributed by atoms with van der Waals surface area (Å²) in [7, 11) is 3.93. The Bertz CT molecular complexity index is 896. The van der Waals surface area contributed by atoms with Crippen LogP contribution in [-0.2, 0) is 4.79 Å². The van der Waals surface area contributed by atoms with Gasteiger partial charge in [0.05, 0.1) is 5.75 Å². The van der Waals surface area contributed by atoms with E-state index in [2.05, 4.69) is 15.5 Å². The zero-order valence-electron chi connectivity index (χ0n) is 14.3. The Balaban J connectivity index is 1.55. The van der Waals surface area contributed by atoms with Crippen molar-refractivity contribution in [2.45, 2.75) is 5.22 Å². The summed E-state index contributed by atoms with van der Waals surface area (Å²) in [6, 6.07) is 14.8. The lowest BCUT2D eigenvalue weighted by atomic mass is 10.2. The van der Waals surface area contributed by atoms with Crippen molar-refractivity contribution in [3.8, 4) is 11.5 Å². The first-order chi connectivity index (χ1) is 12.5. The number of halogens is 1. The lowest BCUT2D eigenvalue weighted by molar-refractivity contribution is -0.113. The number of nitrogens with one attached hydrogen (secondary N) is 1. The topological polar surface area (TPSA) is 71.3 Å². The normalized spacial score (nSPS) is 10.6. The van der Waals surface area contributed by atoms with Crippen LogP contribution in [0.25, 0.3) is 11.5 Å². The highest BCUT2D eigenvalue weighted by Gasteiger charge is 2.12. The number of hydrogen-bond donors (Lipinski definition) is 1. The van der Waals surface area contributed by atoms with Crippen LogP contribution in [0.3, 0.4) is 0 Å². The van der Waals surface area contributed by atoms with Gasteiger partial charge in [0.2, 0.25) is 11.8 Å². The van der Waals surface area contributed by atoms with E-state index in [0.29, 0.717) is 16.1 Å². The number of thioether (sulfide) groups is 1. The number of hydrogen-bond acceptors (Lipinski definition) is 6. The van der Waals surface area contributed by atoms with Gasteiger partial charge in [0.25, 0.3) is 5.22 Å². The van der Waals surface area contributed by atoms with Gasteiger partial charge in [-0.2, -0.15) is 0 Å². The van der Waals surface area contributed by atoms with Crippen molar-refractivity contribution in [3.63, 3.8) is 0 Å². The molecule has 0 aliphatic carbocycles. The van der Waals surface area contributed by atoms with Gasteiger partial charge in [0.1, 0.15) is 0 Å². The molecule has 0 unspecified atom stereocenters. The summed E-state index contributed by atoms with van der Waals surface area (Å²) in [5, 5.41) is 11.7. The summed E-state index contributed by atoms with van der Waals surface area (Å²) >= 11 is 7.14. The van der Waals surface area contributed by atoms with Crippen molar-refractivity contribution in [1.82, 2.24) is 10.2 Å². The lowest BCUT2D eigenvalue weighted by Crippen LogP contribution is -2.14. The third kappa shape index (κ3) is 4.77. The Morgan fingerprint density at radius 3 is 2.65 bits per heavy atom. The van der Waals surface area contributed by atoms with Crippen molar-refractivity contribution in [1.29, 1.82) is 0 Å². The standard InChI is InChI=1S/C18H17ClN4O2S/c1-23(2)15-8-6-14(7-9-15)20-16(24)11-26-18-22-21-17(25-18)12-4-3-5-13(19)10-12/h3-10H,11H2,1-2H3,(H,20,24). The van der Waals surface area contributed by atoms with Gasteiger partial charge in [-0.05, 0) is 42.5 Å². The molecule has 1 amide bonds. The summed E-state index contributed by atoms with van der Waals surface area (Å²) in [5.41, 5.74) is 2.55. The highest BCUT2D eigenvalue weighted by atomic mass is 35.5. The Morgan fingerprint density at radius 1 is 1.19 bits per heavy atom. The van der Waals surface area contributed by atoms with E-state index in [-0.39, 0.29) is 11.7 Å². The first-order valence-corrected chi connectivity index (χ1v) is 9.17. The van der Waals surface area contributed by atoms with Crippen molar-refractivity contribution in [2.24, 2.45) is 0 Å². The highest BCUT2D eigenvalue weighted by molar-refractivity contribution is 7.99. The van der Waals surface area contributed by atoms with Crippen LogP contribution in [0.15, 0.2) is 58.2 Å². The fraction of sp³-hybridized carbons (Fsp3) is 0.167. The van der Waals surface area contributed by atoms with Crippen LogP contribution in [0.2, 0.25) is 5.02 Å². The molecule has 0 bridgehead atoms. The van der Waals surface area contributed by atoms with Crippen LogP contribution in [-0.4, -0.2) is 36.0 Å². The maximum Gasteiger partial charge on any atom is 0.277 e. The molecule has 0 aliphatic rings. The average Bonchev–Trinajstić information content (AvgIpc) is 3.09. The second kappa shape index (κ2) is 8.25. The lowest BCUT2D eigenvalue weighted by Gasteiger charge is -2.12. The van der Waals surface area contributed by atoms with Gasteiger partial charge in [-0.1, -0.05) is 29.4 Å². The van der Waals surface area contributed by atoms with Crippen LogP contribution in [0, 0.1) is 0 Å². The number of carbonyl (C=O) groups excluding carboxylic acids is 1. The largest absolute Gasteiger partial charge is 0.411 e. The predicted molar refractivity (Wildman–Crippen MR) is 105 cm³/mol. The van der Waals surface area contributed by atoms with E-state index < -0.39 is 0 Å². The number of nitrogens with zero attached hydrogens (tertiary/aromatic N) is 3. The van der Waals surface area contributed by atoms with E-state index >= 15 is 0 Å². The zero-order valence-corrected chi connectivity index (χ0v) is 15.8. The molecule has 0 radical (unpaired) electrons. The van der Waals surface area contributed by atoms with Gasteiger partial charge in [-0.3, -0.25) is 4.79 Å². The number of anilines is 2. The molecule has 3 aromatic rings. The van der Waals surface area contributed by atoms with Gasteiger partial charge < -0.3 is 14.6 Å². The van der Waals surface area contributed by atoms with Crippen LogP contribution in [0.4, 0.5) is 11.4 Å². The minimum absolute atomic E-state index is 0.143. The van der Waals surface area contributed by atoms with Crippen molar-refractivity contribution in [2.75, 3.05) is 30.1 Å². The van der Waals surface area contributed by atoms with E-state index in [9.17, 15) is 4.79 Å². The molecule has 134 valence electrons. The predicted octanol–water partition coefficient (Wildman–Crippen LogP) is 4.19. The molecule has 6 nitrogen and oxygen atoms in total. The van der Waals surface area contributed by atoms with Crippen molar-refractivity contribution >= 4 is 40.6 Å². The first kappa shape index (κ1) is 18.3. The Kier molecular flexibility index (Phi) is 5.80. The van der Waals surface area contributed by atoms with Crippen molar-refractivity contribution < 1.29 is 9.21 Å². The molecule has 1 N–H and O–H groups in total. The molecule has 0 fully saturated rings. The van der Waals surface area contributed by atoms with Gasteiger partial charge in [-0.15, -0.1) is 10.2 Å². The molecule has 3 rings (SSSR count). The Labute approximate surface area is 160 Å². The number of rotatable bonds is 6. The average molecular weight is 389 g/mol. The van der Waals surface area contributed by atoms with Crippen LogP contribution in [0.5, 0.6) is 0 Å². The smallest absolute Gasteiger partial charge is 0.277 e. The molecule has 0 aliphatic heterocycles. The van der Waals surface area contributed by atoms with Crippen LogP contribution < -0.4 is 10.2 Å². The molecular formula is C18H17ClN4O2S. The molecule has 2 aromatic carbocycles. The quantitative estimate of drug-likeness (QED) is 0.638. The molecule has 0 spiro atoms. The maximum atomic E-state index is 12.1. The van der Waals surface area contributed by atoms with Gasteiger partial charge >= 0.3 is 0 Å². The monoisotopic (exact) mass is 388 g/mol. The van der Waals surface area contributed by atoms with E-state index in [1.165, 1.54) is 11.8 Å². The van der Waals surface area contributed by atoms with E-state index in [4.69, 9.17) is 16.0 Å². The maximum absolute atomic E-state index is 12.1. The molecule has 8 heteroatoms. The van der Waals surface area contributed by atoms with Crippen LogP contribution >= 0.6 is 23.4 Å². The summed E-state index contributed by atoms with van der Waals surface area (Å²) in [6.45, 7) is 0. The number of benzene rings is 2. The van der Waals surface area contributed by atoms with Gasteiger partial charge in [0.15, 0.2) is 0 Å². The van der Waals surface area contributed by atoms with E-state index in [0.717, 1.165) is 16.9 Å². The third-order valence-corrected chi connectivity index (χ3v) is 4.53. The molecular weight excluding hydrogens is 372 g/mol. The second-order valence-electron chi connectivity index (χ2n) is 5.66. The molecule has 26 heavy (non-hydrogen) atoms. The van der Waals surface area contributed by atoms with Crippen LogP contribution in [0.1, 0.15) is 0 Å². The molecule has 0 atom stereocenters. The SMILES string of the molecule is CN(C)c1ccc(NC(=O)CSc2nnc(-c3cccc(Cl)c3)o2)cc1. The zero-order chi connectivity index (χ0) is 18.5. The summed E-state index contributed by atoms with van der Waals surface area (Å²) < 4.78 is 5.56. The minimum atomic E-state index is -0.143. The fourth-order valence-electron chi connectivity index (χ4n) is 2.17. The Morgan fingerprint density at radius 2 is 1.96 bits per heavy atom. The highest BCUT2D eigenvalue weighted by Crippen LogP contribution is 2.25. The first-order valence-electron chi connectivity index (χ1n) is 7.81. The molecule has 0 saturated heterocycles. The number of aromatic nitrogens is 2. The Hall–Kier alpha value is -2.51. The van der Waals surface area contributed by atoms with Gasteiger partial charge in [0, 0.05) is 36.1 Å². The second-order valence-corrected chi connectivity index (χ2v) is 7.02. The summed E-state index contributed by atoms with van der Waals surface area (Å²) in [6.07, 6.45) is 0. The third-order valence-electron chi connectivity index (χ3n) is 3.47. The molecule has 1 aromatic heterocycles. The number of carbonyl (C=O) groups is 1. The van der Waals surface area contributed by atoms with E-state index in [1.54, 1.807) is 12.1 Å². The fourth-order valence-corrected chi connectivity index (χ4v) is 2.93.